The van der Waals surface area contributed by atoms with E-state index in [0.29, 0.717) is 0 Å². The Morgan fingerprint density at radius 1 is 1.53 bits per heavy atom. The molecule has 0 spiro atoms. The summed E-state index contributed by atoms with van der Waals surface area (Å²) in [7, 11) is 0. The molecule has 1 rings (SSSR count). The van der Waals surface area contributed by atoms with Gasteiger partial charge in [0.25, 0.3) is 0 Å². The average molecular weight is 269 g/mol. The van der Waals surface area contributed by atoms with E-state index in [1.54, 1.807) is 26.8 Å². The summed E-state index contributed by atoms with van der Waals surface area (Å²) in [5.74, 6) is -1.64. The third kappa shape index (κ3) is 4.61. The number of nitrogens with zero attached hydrogens (tertiary/aromatic N) is 2. The summed E-state index contributed by atoms with van der Waals surface area (Å²) in [5.41, 5.74) is -0.678. The second-order valence-electron chi connectivity index (χ2n) is 5.05. The number of carboxylic acids is 1. The largest absolute Gasteiger partial charge is 0.595 e. The Labute approximate surface area is 111 Å². The smallest absolute Gasteiger partial charge is 0.330 e. The zero-order valence-corrected chi connectivity index (χ0v) is 11.1. The lowest BCUT2D eigenvalue weighted by Gasteiger charge is -2.29. The van der Waals surface area contributed by atoms with Crippen molar-refractivity contribution >= 4 is 18.0 Å². The molecule has 19 heavy (non-hydrogen) atoms. The molecule has 0 aromatic carbocycles. The molecule has 7 heteroatoms. The van der Waals surface area contributed by atoms with Gasteiger partial charge in [0.1, 0.15) is 18.7 Å². The van der Waals surface area contributed by atoms with E-state index >= 15 is 0 Å². The Morgan fingerprint density at radius 3 is 2.68 bits per heavy atom. The number of aliphatic carboxylic acids is 1. The van der Waals surface area contributed by atoms with Gasteiger partial charge in [0, 0.05) is 12.1 Å². The summed E-state index contributed by atoms with van der Waals surface area (Å²) in [6.07, 6.45) is 2.18. The summed E-state index contributed by atoms with van der Waals surface area (Å²) in [6.45, 7) is 4.85. The molecule has 1 unspecified atom stereocenters. The van der Waals surface area contributed by atoms with Crippen LogP contribution in [0.5, 0.6) is 0 Å². The Balaban J connectivity index is 2.56. The van der Waals surface area contributed by atoms with Crippen molar-refractivity contribution in [2.75, 3.05) is 13.1 Å². The SMILES string of the molecule is CC(C)(C)OC([O-])=NCC(=O)N1CC=CC1C(=O)O. The van der Waals surface area contributed by atoms with Gasteiger partial charge < -0.3 is 19.8 Å². The Morgan fingerprint density at radius 2 is 2.16 bits per heavy atom. The monoisotopic (exact) mass is 269 g/mol. The highest BCUT2D eigenvalue weighted by molar-refractivity contribution is 5.87. The fraction of sp³-hybridized carbons (Fsp3) is 0.583. The van der Waals surface area contributed by atoms with Gasteiger partial charge in [-0.3, -0.25) is 9.79 Å². The minimum atomic E-state index is -1.11. The van der Waals surface area contributed by atoms with Crippen LogP contribution in [0.3, 0.4) is 0 Å². The highest BCUT2D eigenvalue weighted by Crippen LogP contribution is 2.10. The zero-order valence-electron chi connectivity index (χ0n) is 11.1. The molecular weight excluding hydrogens is 252 g/mol. The first-order valence-electron chi connectivity index (χ1n) is 5.80. The minimum Gasteiger partial charge on any atom is -0.595 e. The van der Waals surface area contributed by atoms with Gasteiger partial charge >= 0.3 is 5.97 Å². The molecular formula is C12H17N2O5-. The van der Waals surface area contributed by atoms with Gasteiger partial charge in [0.2, 0.25) is 5.91 Å². The Kier molecular flexibility index (Phi) is 4.52. The van der Waals surface area contributed by atoms with Gasteiger partial charge in [-0.25, -0.2) is 4.79 Å². The molecule has 106 valence electrons. The predicted molar refractivity (Wildman–Crippen MR) is 65.4 cm³/mol. The summed E-state index contributed by atoms with van der Waals surface area (Å²) >= 11 is 0. The van der Waals surface area contributed by atoms with E-state index in [-0.39, 0.29) is 6.54 Å². The molecule has 0 fully saturated rings. The van der Waals surface area contributed by atoms with E-state index in [1.807, 2.05) is 0 Å². The molecule has 1 N–H and O–H groups in total. The number of carbonyl (C=O) groups excluding carboxylic acids is 1. The maximum absolute atomic E-state index is 11.8. The van der Waals surface area contributed by atoms with E-state index in [2.05, 4.69) is 4.99 Å². The first-order valence-corrected chi connectivity index (χ1v) is 5.80. The Bertz CT molecular complexity index is 422. The van der Waals surface area contributed by atoms with Gasteiger partial charge in [-0.15, -0.1) is 0 Å². The van der Waals surface area contributed by atoms with E-state index in [1.165, 1.54) is 6.08 Å². The summed E-state index contributed by atoms with van der Waals surface area (Å²) in [6, 6.07) is -0.985. The number of carboxylic acid groups (broad SMARTS) is 1. The molecule has 0 saturated carbocycles. The number of ether oxygens (including phenoxy) is 1. The molecule has 1 aliphatic heterocycles. The number of hydrogen-bond donors (Lipinski definition) is 1. The van der Waals surface area contributed by atoms with E-state index in [4.69, 9.17) is 9.84 Å². The maximum Gasteiger partial charge on any atom is 0.330 e. The van der Waals surface area contributed by atoms with Crippen LogP contribution in [-0.4, -0.2) is 52.7 Å². The number of carbonyl (C=O) groups is 2. The van der Waals surface area contributed by atoms with Crippen molar-refractivity contribution in [1.29, 1.82) is 0 Å². The summed E-state index contributed by atoms with van der Waals surface area (Å²) < 4.78 is 4.92. The molecule has 7 nitrogen and oxygen atoms in total. The maximum atomic E-state index is 11.8. The van der Waals surface area contributed by atoms with Gasteiger partial charge in [-0.05, 0) is 0 Å². The van der Waals surface area contributed by atoms with Gasteiger partial charge in [-0.2, -0.15) is 0 Å². The van der Waals surface area contributed by atoms with Crippen molar-refractivity contribution in [3.05, 3.63) is 12.2 Å². The molecule has 0 aliphatic carbocycles. The zero-order chi connectivity index (χ0) is 14.6. The normalized spacial score (nSPS) is 19.6. The van der Waals surface area contributed by atoms with Gasteiger partial charge in [0.15, 0.2) is 0 Å². The fourth-order valence-corrected chi connectivity index (χ4v) is 1.51. The number of aliphatic imine (C=N–C) groups is 1. The van der Waals surface area contributed by atoms with Crippen LogP contribution < -0.4 is 5.11 Å². The van der Waals surface area contributed by atoms with Crippen LogP contribution in [0.2, 0.25) is 0 Å². The van der Waals surface area contributed by atoms with E-state index < -0.39 is 36.1 Å². The highest BCUT2D eigenvalue weighted by atomic mass is 16.6. The molecule has 1 heterocycles. The van der Waals surface area contributed by atoms with Crippen molar-refractivity contribution in [3.63, 3.8) is 0 Å². The molecule has 0 saturated heterocycles. The number of amides is 1. The second kappa shape index (κ2) is 5.73. The van der Waals surface area contributed by atoms with Crippen molar-refractivity contribution in [1.82, 2.24) is 4.90 Å². The van der Waals surface area contributed by atoms with E-state index in [9.17, 15) is 14.7 Å². The number of rotatable bonds is 3. The van der Waals surface area contributed by atoms with Crippen LogP contribution in [0.4, 0.5) is 0 Å². The lowest BCUT2D eigenvalue weighted by molar-refractivity contribution is -0.260. The highest BCUT2D eigenvalue weighted by Gasteiger charge is 2.29. The molecule has 1 amide bonds. The molecule has 0 bridgehead atoms. The van der Waals surface area contributed by atoms with Crippen LogP contribution in [0.25, 0.3) is 0 Å². The van der Waals surface area contributed by atoms with Gasteiger partial charge in [0.05, 0.1) is 0 Å². The summed E-state index contributed by atoms with van der Waals surface area (Å²) in [4.78, 5) is 27.2. The third-order valence-corrected chi connectivity index (χ3v) is 2.27. The van der Waals surface area contributed by atoms with E-state index in [0.717, 1.165) is 4.90 Å². The van der Waals surface area contributed by atoms with Crippen LogP contribution in [0, 0.1) is 0 Å². The predicted octanol–water partition coefficient (Wildman–Crippen LogP) is -0.631. The molecule has 0 aromatic heterocycles. The lowest BCUT2D eigenvalue weighted by Crippen LogP contribution is -2.42. The summed E-state index contributed by atoms with van der Waals surface area (Å²) in [5, 5.41) is 20.2. The quantitative estimate of drug-likeness (QED) is 0.417. The standard InChI is InChI=1S/C12H18N2O5/c1-12(2,3)19-11(18)13-7-9(15)14-6-4-5-8(14)10(16)17/h4-5,8H,6-7H2,1-3H3,(H,13,18)(H,16,17)/p-1. The molecule has 0 radical (unpaired) electrons. The average Bonchev–Trinajstić information content (AvgIpc) is 2.72. The first-order chi connectivity index (χ1) is 8.70. The lowest BCUT2D eigenvalue weighted by atomic mass is 10.2. The number of hydrogen-bond acceptors (Lipinski definition) is 5. The van der Waals surface area contributed by atoms with Crippen molar-refractivity contribution in [2.24, 2.45) is 4.99 Å². The van der Waals surface area contributed by atoms with Crippen molar-refractivity contribution in [3.8, 4) is 0 Å². The Hall–Kier alpha value is -2.05. The topological polar surface area (TPSA) is 102 Å². The fourth-order valence-electron chi connectivity index (χ4n) is 1.51. The van der Waals surface area contributed by atoms with Crippen molar-refractivity contribution in [2.45, 2.75) is 32.4 Å². The minimum absolute atomic E-state index is 0.208. The third-order valence-electron chi connectivity index (χ3n) is 2.27. The molecule has 0 aromatic rings. The van der Waals surface area contributed by atoms with Crippen LogP contribution >= 0.6 is 0 Å². The van der Waals surface area contributed by atoms with Crippen LogP contribution in [-0.2, 0) is 14.3 Å². The first kappa shape index (κ1) is 15.0. The molecule has 1 aliphatic rings. The van der Waals surface area contributed by atoms with Crippen LogP contribution in [0.1, 0.15) is 20.8 Å². The van der Waals surface area contributed by atoms with Crippen LogP contribution in [0.15, 0.2) is 17.1 Å². The van der Waals surface area contributed by atoms with Crippen molar-refractivity contribution < 1.29 is 24.5 Å². The second-order valence-corrected chi connectivity index (χ2v) is 5.05. The van der Waals surface area contributed by atoms with Gasteiger partial charge in [-0.1, -0.05) is 32.9 Å². The molecule has 1 atom stereocenters.